The Balaban J connectivity index is 1.75. The zero-order valence-corrected chi connectivity index (χ0v) is 9.91. The quantitative estimate of drug-likeness (QED) is 0.904. The third kappa shape index (κ3) is 2.43. The number of rotatable bonds is 4. The van der Waals surface area contributed by atoms with Crippen LogP contribution in [0.5, 0.6) is 5.75 Å². The van der Waals surface area contributed by atoms with E-state index in [4.69, 9.17) is 19.1 Å². The first kappa shape index (κ1) is 11.7. The van der Waals surface area contributed by atoms with Crippen LogP contribution >= 0.6 is 0 Å². The summed E-state index contributed by atoms with van der Waals surface area (Å²) >= 11 is 0. The molecule has 0 amide bonds. The highest BCUT2D eigenvalue weighted by atomic mass is 16.6. The van der Waals surface area contributed by atoms with Crippen molar-refractivity contribution in [3.8, 4) is 17.0 Å². The number of aromatic nitrogens is 1. The van der Waals surface area contributed by atoms with E-state index in [9.17, 15) is 4.79 Å². The molecule has 1 aromatic carbocycles. The van der Waals surface area contributed by atoms with E-state index >= 15 is 0 Å². The molecule has 0 spiro atoms. The van der Waals surface area contributed by atoms with Crippen LogP contribution in [-0.2, 0) is 4.74 Å². The van der Waals surface area contributed by atoms with Crippen LogP contribution in [0, 0.1) is 0 Å². The molecule has 2 aromatic rings. The Morgan fingerprint density at radius 3 is 2.58 bits per heavy atom. The van der Waals surface area contributed by atoms with E-state index in [-0.39, 0.29) is 11.9 Å². The Bertz CT molecular complexity index is 585. The van der Waals surface area contributed by atoms with E-state index in [1.54, 1.807) is 12.1 Å². The average molecular weight is 261 g/mol. The van der Waals surface area contributed by atoms with Gasteiger partial charge in [0.1, 0.15) is 17.5 Å². The van der Waals surface area contributed by atoms with Gasteiger partial charge in [0.15, 0.2) is 0 Å². The lowest BCUT2D eigenvalue weighted by Crippen LogP contribution is -2.38. The van der Waals surface area contributed by atoms with Crippen molar-refractivity contribution in [2.75, 3.05) is 13.2 Å². The number of benzene rings is 1. The van der Waals surface area contributed by atoms with Gasteiger partial charge in [0, 0.05) is 11.6 Å². The monoisotopic (exact) mass is 261 g/mol. The van der Waals surface area contributed by atoms with E-state index in [2.05, 4.69) is 5.16 Å². The SMILES string of the molecule is O=C(O)c1cc(-c2ccc(OC3COC3)cc2)no1. The molecule has 1 saturated heterocycles. The molecule has 0 unspecified atom stereocenters. The molecule has 1 aliphatic heterocycles. The molecule has 0 radical (unpaired) electrons. The maximum atomic E-state index is 10.7. The fraction of sp³-hybridized carbons (Fsp3) is 0.231. The number of nitrogens with zero attached hydrogens (tertiary/aromatic N) is 1. The van der Waals surface area contributed by atoms with Gasteiger partial charge in [0.2, 0.25) is 5.76 Å². The van der Waals surface area contributed by atoms with Crippen LogP contribution in [-0.4, -0.2) is 35.6 Å². The Hall–Kier alpha value is -2.34. The lowest BCUT2D eigenvalue weighted by Gasteiger charge is -2.26. The number of ether oxygens (including phenoxy) is 2. The molecule has 1 aliphatic rings. The van der Waals surface area contributed by atoms with E-state index in [0.29, 0.717) is 18.9 Å². The zero-order valence-electron chi connectivity index (χ0n) is 9.91. The normalized spacial score (nSPS) is 14.9. The second kappa shape index (κ2) is 4.74. The summed E-state index contributed by atoms with van der Waals surface area (Å²) in [6.45, 7) is 1.24. The van der Waals surface area contributed by atoms with Gasteiger partial charge in [-0.3, -0.25) is 0 Å². The van der Waals surface area contributed by atoms with Crippen molar-refractivity contribution in [2.45, 2.75) is 6.10 Å². The molecule has 0 bridgehead atoms. The first-order valence-electron chi connectivity index (χ1n) is 5.77. The lowest BCUT2D eigenvalue weighted by atomic mass is 10.1. The maximum Gasteiger partial charge on any atom is 0.374 e. The molecule has 1 aromatic heterocycles. The van der Waals surface area contributed by atoms with Crippen LogP contribution in [0.1, 0.15) is 10.6 Å². The third-order valence-corrected chi connectivity index (χ3v) is 2.78. The molecule has 1 fully saturated rings. The highest BCUT2D eigenvalue weighted by Gasteiger charge is 2.20. The molecule has 1 N–H and O–H groups in total. The Morgan fingerprint density at radius 1 is 1.32 bits per heavy atom. The molecular weight excluding hydrogens is 250 g/mol. The van der Waals surface area contributed by atoms with Gasteiger partial charge >= 0.3 is 5.97 Å². The van der Waals surface area contributed by atoms with Crippen LogP contribution in [0.3, 0.4) is 0 Å². The van der Waals surface area contributed by atoms with E-state index in [1.807, 2.05) is 12.1 Å². The molecule has 0 atom stereocenters. The Kier molecular flexibility index (Phi) is 2.92. The van der Waals surface area contributed by atoms with Gasteiger partial charge in [-0.1, -0.05) is 5.16 Å². The highest BCUT2D eigenvalue weighted by Crippen LogP contribution is 2.23. The van der Waals surface area contributed by atoms with Gasteiger partial charge < -0.3 is 19.1 Å². The minimum Gasteiger partial charge on any atom is -0.486 e. The summed E-state index contributed by atoms with van der Waals surface area (Å²) in [6, 6.07) is 8.61. The van der Waals surface area contributed by atoms with Crippen molar-refractivity contribution in [1.29, 1.82) is 0 Å². The van der Waals surface area contributed by atoms with Gasteiger partial charge in [-0.25, -0.2) is 4.79 Å². The molecular formula is C13H11NO5. The van der Waals surface area contributed by atoms with Crippen molar-refractivity contribution >= 4 is 5.97 Å². The zero-order chi connectivity index (χ0) is 13.2. The largest absolute Gasteiger partial charge is 0.486 e. The van der Waals surface area contributed by atoms with E-state index < -0.39 is 5.97 Å². The minimum absolute atomic E-state index is 0.122. The van der Waals surface area contributed by atoms with Gasteiger partial charge in [-0.05, 0) is 24.3 Å². The predicted octanol–water partition coefficient (Wildman–Crippen LogP) is 1.82. The minimum atomic E-state index is -1.14. The highest BCUT2D eigenvalue weighted by molar-refractivity contribution is 5.85. The second-order valence-electron chi connectivity index (χ2n) is 4.18. The Morgan fingerprint density at radius 2 is 2.05 bits per heavy atom. The average Bonchev–Trinajstić information content (AvgIpc) is 2.84. The first-order chi connectivity index (χ1) is 9.22. The summed E-state index contributed by atoms with van der Waals surface area (Å²) in [4.78, 5) is 10.7. The number of aromatic carboxylic acids is 1. The summed E-state index contributed by atoms with van der Waals surface area (Å²) in [5.41, 5.74) is 1.25. The van der Waals surface area contributed by atoms with Gasteiger partial charge in [-0.15, -0.1) is 0 Å². The number of carboxylic acid groups (broad SMARTS) is 1. The van der Waals surface area contributed by atoms with Crippen LogP contribution in [0.4, 0.5) is 0 Å². The number of carboxylic acids is 1. The fourth-order valence-corrected chi connectivity index (χ4v) is 1.69. The molecule has 3 rings (SSSR count). The summed E-state index contributed by atoms with van der Waals surface area (Å²) in [6.07, 6.45) is 0.122. The van der Waals surface area contributed by atoms with Crippen molar-refractivity contribution in [2.24, 2.45) is 0 Å². The summed E-state index contributed by atoms with van der Waals surface area (Å²) in [5, 5.41) is 12.5. The molecule has 2 heterocycles. The second-order valence-corrected chi connectivity index (χ2v) is 4.18. The first-order valence-corrected chi connectivity index (χ1v) is 5.77. The van der Waals surface area contributed by atoms with E-state index in [1.165, 1.54) is 6.07 Å². The molecule has 0 saturated carbocycles. The Labute approximate surface area is 108 Å². The van der Waals surface area contributed by atoms with Crippen molar-refractivity contribution in [3.05, 3.63) is 36.1 Å². The van der Waals surface area contributed by atoms with Gasteiger partial charge in [-0.2, -0.15) is 0 Å². The molecule has 0 aliphatic carbocycles. The number of hydrogen-bond acceptors (Lipinski definition) is 5. The smallest absolute Gasteiger partial charge is 0.374 e. The molecule has 6 heteroatoms. The van der Waals surface area contributed by atoms with Gasteiger partial charge in [0.25, 0.3) is 0 Å². The maximum absolute atomic E-state index is 10.7. The lowest BCUT2D eigenvalue weighted by molar-refractivity contribution is -0.0796. The standard InChI is InChI=1S/C13H11NO5/c15-13(16)12-5-11(14-19-12)8-1-3-9(4-2-8)18-10-6-17-7-10/h1-5,10H,6-7H2,(H,15,16). The van der Waals surface area contributed by atoms with Crippen molar-refractivity contribution in [1.82, 2.24) is 5.16 Å². The van der Waals surface area contributed by atoms with Gasteiger partial charge in [0.05, 0.1) is 13.2 Å². The molecule has 6 nitrogen and oxygen atoms in total. The predicted molar refractivity (Wildman–Crippen MR) is 64.1 cm³/mol. The third-order valence-electron chi connectivity index (χ3n) is 2.78. The topological polar surface area (TPSA) is 81.8 Å². The van der Waals surface area contributed by atoms with Crippen molar-refractivity contribution in [3.63, 3.8) is 0 Å². The van der Waals surface area contributed by atoms with Crippen LogP contribution in [0.25, 0.3) is 11.3 Å². The van der Waals surface area contributed by atoms with E-state index in [0.717, 1.165) is 11.3 Å². The molecule has 19 heavy (non-hydrogen) atoms. The summed E-state index contributed by atoms with van der Waals surface area (Å²) in [7, 11) is 0. The fourth-order valence-electron chi connectivity index (χ4n) is 1.69. The van der Waals surface area contributed by atoms with Crippen molar-refractivity contribution < 1.29 is 23.9 Å². The number of carbonyl (C=O) groups is 1. The molecule has 98 valence electrons. The summed E-state index contributed by atoms with van der Waals surface area (Å²) in [5.74, 6) is -0.565. The number of hydrogen-bond donors (Lipinski definition) is 1. The summed E-state index contributed by atoms with van der Waals surface area (Å²) < 4.78 is 15.3. The van der Waals surface area contributed by atoms with Crippen LogP contribution in [0.2, 0.25) is 0 Å². The van der Waals surface area contributed by atoms with Crippen LogP contribution < -0.4 is 4.74 Å². The van der Waals surface area contributed by atoms with Crippen LogP contribution in [0.15, 0.2) is 34.9 Å².